The van der Waals surface area contributed by atoms with Crippen molar-refractivity contribution in [1.82, 2.24) is 9.97 Å². The van der Waals surface area contributed by atoms with Gasteiger partial charge in [-0.15, -0.1) is 0 Å². The number of nitrogens with one attached hydrogen (secondary N) is 1. The Kier molecular flexibility index (Phi) is 3.45. The normalized spacial score (nSPS) is 28.5. The molecule has 0 radical (unpaired) electrons. The maximum absolute atomic E-state index is 10.7. The highest BCUT2D eigenvalue weighted by Crippen LogP contribution is 2.48. The molecule has 1 aliphatic rings. The van der Waals surface area contributed by atoms with E-state index in [1.165, 1.54) is 12.4 Å². The molecule has 3 atom stereocenters. The van der Waals surface area contributed by atoms with Gasteiger partial charge in [0.05, 0.1) is 18.5 Å². The summed E-state index contributed by atoms with van der Waals surface area (Å²) in [5.41, 5.74) is -0.0531. The first-order valence-corrected chi connectivity index (χ1v) is 6.22. The largest absolute Gasteiger partial charge is 0.476 e. The fourth-order valence-electron chi connectivity index (χ4n) is 3.10. The molecule has 6 nitrogen and oxygen atoms in total. The molecule has 0 aliphatic heterocycles. The van der Waals surface area contributed by atoms with E-state index in [2.05, 4.69) is 36.1 Å². The lowest BCUT2D eigenvalue weighted by molar-refractivity contribution is -0.126. The molecule has 1 aromatic heterocycles. The van der Waals surface area contributed by atoms with E-state index in [4.69, 9.17) is 9.84 Å². The minimum absolute atomic E-state index is 0.00131. The van der Waals surface area contributed by atoms with Crippen LogP contribution in [-0.4, -0.2) is 40.3 Å². The fourth-order valence-corrected chi connectivity index (χ4v) is 3.10. The average Bonchev–Trinajstić information content (AvgIpc) is 2.36. The molecule has 2 rings (SSSR count). The van der Waals surface area contributed by atoms with Crippen molar-refractivity contribution in [2.75, 3.05) is 12.4 Å². The Balaban J connectivity index is 2.08. The molecule has 6 heteroatoms. The van der Waals surface area contributed by atoms with Gasteiger partial charge in [0, 0.05) is 24.5 Å². The van der Waals surface area contributed by atoms with E-state index in [1.807, 2.05) is 0 Å². The first kappa shape index (κ1) is 13.7. The Labute approximate surface area is 112 Å². The van der Waals surface area contributed by atoms with Crippen LogP contribution in [0.1, 0.15) is 31.3 Å². The summed E-state index contributed by atoms with van der Waals surface area (Å²) in [6, 6.07) is 0.224. The molecule has 1 aliphatic carbocycles. The Morgan fingerprint density at radius 2 is 2.11 bits per heavy atom. The molecular weight excluding hydrogens is 246 g/mol. The predicted octanol–water partition coefficient (Wildman–Crippen LogP) is 1.65. The van der Waals surface area contributed by atoms with Gasteiger partial charge in [-0.1, -0.05) is 20.8 Å². The number of aromatic nitrogens is 2. The Morgan fingerprint density at radius 3 is 2.53 bits per heavy atom. The number of aromatic carboxylic acids is 1. The third-order valence-corrected chi connectivity index (χ3v) is 3.97. The minimum Gasteiger partial charge on any atom is -0.476 e. The quantitative estimate of drug-likeness (QED) is 0.861. The van der Waals surface area contributed by atoms with Crippen LogP contribution in [0.4, 0.5) is 5.82 Å². The molecule has 1 aromatic rings. The van der Waals surface area contributed by atoms with Crippen molar-refractivity contribution in [3.05, 3.63) is 18.1 Å². The topological polar surface area (TPSA) is 84.3 Å². The van der Waals surface area contributed by atoms with Crippen LogP contribution in [0.25, 0.3) is 0 Å². The van der Waals surface area contributed by atoms with Crippen molar-refractivity contribution in [2.45, 2.75) is 32.9 Å². The molecule has 0 aromatic carbocycles. The molecule has 1 fully saturated rings. The summed E-state index contributed by atoms with van der Waals surface area (Å²) < 4.78 is 5.48. The fraction of sp³-hybridized carbons (Fsp3) is 0.615. The summed E-state index contributed by atoms with van der Waals surface area (Å²) in [6.45, 7) is 6.39. The molecule has 0 saturated heterocycles. The summed E-state index contributed by atoms with van der Waals surface area (Å²) in [7, 11) is 1.72. The number of anilines is 1. The predicted molar refractivity (Wildman–Crippen MR) is 70.1 cm³/mol. The second kappa shape index (κ2) is 4.77. The SMILES string of the molecule is COC1C(C)C(Nc2cnc(C(=O)O)cn2)C1(C)C. The smallest absolute Gasteiger partial charge is 0.356 e. The minimum atomic E-state index is -1.07. The highest BCUT2D eigenvalue weighted by atomic mass is 16.5. The van der Waals surface area contributed by atoms with Crippen LogP contribution in [-0.2, 0) is 4.74 Å². The van der Waals surface area contributed by atoms with Gasteiger partial charge in [-0.05, 0) is 0 Å². The van der Waals surface area contributed by atoms with E-state index in [0.29, 0.717) is 11.7 Å². The number of ether oxygens (including phenoxy) is 1. The number of hydrogen-bond donors (Lipinski definition) is 2. The zero-order chi connectivity index (χ0) is 14.2. The lowest BCUT2D eigenvalue weighted by Crippen LogP contribution is -2.64. The number of methoxy groups -OCH3 is 1. The first-order chi connectivity index (χ1) is 8.87. The lowest BCUT2D eigenvalue weighted by Gasteiger charge is -2.56. The Morgan fingerprint density at radius 1 is 1.42 bits per heavy atom. The van der Waals surface area contributed by atoms with Gasteiger partial charge in [-0.2, -0.15) is 0 Å². The number of carboxylic acids is 1. The van der Waals surface area contributed by atoms with Crippen molar-refractivity contribution in [3.8, 4) is 0 Å². The van der Waals surface area contributed by atoms with E-state index in [1.54, 1.807) is 7.11 Å². The summed E-state index contributed by atoms with van der Waals surface area (Å²) in [4.78, 5) is 18.6. The monoisotopic (exact) mass is 265 g/mol. The Bertz CT molecular complexity index is 473. The van der Waals surface area contributed by atoms with Gasteiger partial charge in [0.25, 0.3) is 0 Å². The van der Waals surface area contributed by atoms with Crippen LogP contribution >= 0.6 is 0 Å². The highest BCUT2D eigenvalue weighted by Gasteiger charge is 2.54. The average molecular weight is 265 g/mol. The molecule has 3 unspecified atom stereocenters. The summed E-state index contributed by atoms with van der Waals surface area (Å²) in [5.74, 6) is -0.124. The molecule has 0 amide bonds. The second-order valence-corrected chi connectivity index (χ2v) is 5.55. The van der Waals surface area contributed by atoms with Crippen molar-refractivity contribution < 1.29 is 14.6 Å². The van der Waals surface area contributed by atoms with Crippen LogP contribution in [0.15, 0.2) is 12.4 Å². The molecule has 2 N–H and O–H groups in total. The Hall–Kier alpha value is -1.69. The van der Waals surface area contributed by atoms with Crippen molar-refractivity contribution in [1.29, 1.82) is 0 Å². The van der Waals surface area contributed by atoms with E-state index in [0.717, 1.165) is 0 Å². The standard InChI is InChI=1S/C13H19N3O3/c1-7-10(13(2,3)11(7)19-4)16-9-6-14-8(5-15-9)12(17)18/h5-7,10-11H,1-4H3,(H,15,16)(H,17,18). The van der Waals surface area contributed by atoms with Gasteiger partial charge in [-0.25, -0.2) is 14.8 Å². The van der Waals surface area contributed by atoms with Crippen LogP contribution in [0.5, 0.6) is 0 Å². The van der Waals surface area contributed by atoms with E-state index >= 15 is 0 Å². The number of hydrogen-bond acceptors (Lipinski definition) is 5. The number of carboxylic acid groups (broad SMARTS) is 1. The van der Waals surface area contributed by atoms with Crippen LogP contribution < -0.4 is 5.32 Å². The molecule has 0 bridgehead atoms. The molecular formula is C13H19N3O3. The van der Waals surface area contributed by atoms with E-state index in [9.17, 15) is 4.79 Å². The van der Waals surface area contributed by atoms with E-state index < -0.39 is 5.97 Å². The lowest BCUT2D eigenvalue weighted by atomic mass is 9.58. The summed E-state index contributed by atoms with van der Waals surface area (Å²) in [6.07, 6.45) is 2.91. The van der Waals surface area contributed by atoms with E-state index in [-0.39, 0.29) is 23.3 Å². The van der Waals surface area contributed by atoms with Gasteiger partial charge in [0.1, 0.15) is 5.82 Å². The maximum atomic E-state index is 10.7. The summed E-state index contributed by atoms with van der Waals surface area (Å²) >= 11 is 0. The highest BCUT2D eigenvalue weighted by molar-refractivity contribution is 5.84. The zero-order valence-corrected chi connectivity index (χ0v) is 11.5. The van der Waals surface area contributed by atoms with Crippen molar-refractivity contribution in [2.24, 2.45) is 11.3 Å². The maximum Gasteiger partial charge on any atom is 0.356 e. The third kappa shape index (κ3) is 2.28. The molecule has 1 saturated carbocycles. The van der Waals surface area contributed by atoms with Gasteiger partial charge in [-0.3, -0.25) is 0 Å². The van der Waals surface area contributed by atoms with Crippen molar-refractivity contribution in [3.63, 3.8) is 0 Å². The van der Waals surface area contributed by atoms with Crippen LogP contribution in [0.3, 0.4) is 0 Å². The number of rotatable bonds is 4. The third-order valence-electron chi connectivity index (χ3n) is 3.97. The molecule has 0 spiro atoms. The number of carbonyl (C=O) groups is 1. The molecule has 1 heterocycles. The van der Waals surface area contributed by atoms with Gasteiger partial charge in [0.15, 0.2) is 5.69 Å². The van der Waals surface area contributed by atoms with Crippen molar-refractivity contribution >= 4 is 11.8 Å². The summed E-state index contributed by atoms with van der Waals surface area (Å²) in [5, 5.41) is 12.1. The first-order valence-electron chi connectivity index (χ1n) is 6.22. The van der Waals surface area contributed by atoms with Crippen LogP contribution in [0, 0.1) is 11.3 Å². The van der Waals surface area contributed by atoms with Gasteiger partial charge < -0.3 is 15.2 Å². The van der Waals surface area contributed by atoms with Gasteiger partial charge in [0.2, 0.25) is 0 Å². The van der Waals surface area contributed by atoms with Gasteiger partial charge >= 0.3 is 5.97 Å². The molecule has 104 valence electrons. The zero-order valence-electron chi connectivity index (χ0n) is 11.5. The number of nitrogens with zero attached hydrogens (tertiary/aromatic N) is 2. The van der Waals surface area contributed by atoms with Crippen LogP contribution in [0.2, 0.25) is 0 Å². The second-order valence-electron chi connectivity index (χ2n) is 5.55. The molecule has 19 heavy (non-hydrogen) atoms.